The van der Waals surface area contributed by atoms with Gasteiger partial charge in [0.1, 0.15) is 17.2 Å². The topological polar surface area (TPSA) is 111 Å². The number of rotatable bonds is 5. The molecule has 1 aliphatic heterocycles. The van der Waals surface area contributed by atoms with Crippen molar-refractivity contribution in [1.82, 2.24) is 29.0 Å². The van der Waals surface area contributed by atoms with E-state index >= 15 is 0 Å². The maximum atomic E-state index is 13.4. The number of benzene rings is 1. The van der Waals surface area contributed by atoms with Gasteiger partial charge in [0.05, 0.1) is 30.0 Å². The minimum absolute atomic E-state index is 0.0304. The van der Waals surface area contributed by atoms with Crippen molar-refractivity contribution in [2.45, 2.75) is 6.04 Å². The second-order valence-electron chi connectivity index (χ2n) is 7.07. The van der Waals surface area contributed by atoms with Gasteiger partial charge in [0, 0.05) is 18.7 Å². The number of carbonyl (C=O) groups excluding carboxylic acids is 2. The number of imidazole rings is 2. The van der Waals surface area contributed by atoms with Crippen molar-refractivity contribution in [3.05, 3.63) is 60.4 Å². The van der Waals surface area contributed by atoms with E-state index in [0.717, 1.165) is 12.0 Å². The monoisotopic (exact) mass is 405 g/mol. The minimum Gasteiger partial charge on any atom is -0.364 e. The molecule has 4 aromatic rings. The Morgan fingerprint density at radius 1 is 1.13 bits per heavy atom. The molecular formula is C20H16FN7O2. The standard InChI is InChI=1S/C20H16FN7O2/c21-13-3-1-12(2-4-13)18-19(27(10-24-18)14-8-26(9-14)11-29)15-5-6-17-23-7-16(20(22)30)28(17)25-15/h1-7,10-11,14H,8-9H2,(H2,22,30). The number of hydrogen-bond acceptors (Lipinski definition) is 5. The Hall–Kier alpha value is -4.08. The third-order valence-electron chi connectivity index (χ3n) is 5.20. The van der Waals surface area contributed by atoms with E-state index in [1.54, 1.807) is 35.5 Å². The van der Waals surface area contributed by atoms with Crippen LogP contribution in [0.5, 0.6) is 0 Å². The van der Waals surface area contributed by atoms with Crippen LogP contribution in [0, 0.1) is 5.82 Å². The molecule has 0 saturated carbocycles. The lowest BCUT2D eigenvalue weighted by Gasteiger charge is -2.37. The highest BCUT2D eigenvalue weighted by atomic mass is 19.1. The second kappa shape index (κ2) is 6.76. The molecule has 0 bridgehead atoms. The van der Waals surface area contributed by atoms with E-state index in [1.807, 2.05) is 4.57 Å². The lowest BCUT2D eigenvalue weighted by Crippen LogP contribution is -2.46. The summed E-state index contributed by atoms with van der Waals surface area (Å²) >= 11 is 0. The largest absolute Gasteiger partial charge is 0.364 e. The van der Waals surface area contributed by atoms with Crippen molar-refractivity contribution in [2.75, 3.05) is 13.1 Å². The molecule has 2 N–H and O–H groups in total. The Kier molecular flexibility index (Phi) is 4.05. The van der Waals surface area contributed by atoms with Gasteiger partial charge in [-0.1, -0.05) is 0 Å². The molecule has 9 nitrogen and oxygen atoms in total. The molecule has 0 spiro atoms. The van der Waals surface area contributed by atoms with E-state index in [0.29, 0.717) is 35.8 Å². The molecule has 2 amide bonds. The normalized spacial score (nSPS) is 14.1. The van der Waals surface area contributed by atoms with E-state index in [4.69, 9.17) is 5.73 Å². The molecule has 1 saturated heterocycles. The van der Waals surface area contributed by atoms with Crippen LogP contribution in [0.4, 0.5) is 4.39 Å². The first-order valence-corrected chi connectivity index (χ1v) is 9.22. The van der Waals surface area contributed by atoms with E-state index < -0.39 is 5.91 Å². The van der Waals surface area contributed by atoms with Gasteiger partial charge < -0.3 is 15.2 Å². The van der Waals surface area contributed by atoms with Crippen LogP contribution in [0.15, 0.2) is 48.9 Å². The van der Waals surface area contributed by atoms with Crippen LogP contribution < -0.4 is 5.73 Å². The number of hydrogen-bond donors (Lipinski definition) is 1. The molecule has 150 valence electrons. The summed E-state index contributed by atoms with van der Waals surface area (Å²) in [6, 6.07) is 9.58. The highest BCUT2D eigenvalue weighted by molar-refractivity contribution is 5.91. The molecule has 0 atom stereocenters. The molecule has 3 aromatic heterocycles. The molecule has 1 aliphatic rings. The van der Waals surface area contributed by atoms with Gasteiger partial charge in [0.2, 0.25) is 6.41 Å². The Bertz CT molecular complexity index is 1270. The van der Waals surface area contributed by atoms with E-state index in [1.165, 1.54) is 22.8 Å². The number of amides is 2. The fourth-order valence-electron chi connectivity index (χ4n) is 3.63. The van der Waals surface area contributed by atoms with Crippen molar-refractivity contribution in [1.29, 1.82) is 0 Å². The zero-order chi connectivity index (χ0) is 20.8. The zero-order valence-electron chi connectivity index (χ0n) is 15.6. The number of nitrogens with zero attached hydrogens (tertiary/aromatic N) is 6. The number of likely N-dealkylation sites (tertiary alicyclic amines) is 1. The van der Waals surface area contributed by atoms with Crippen molar-refractivity contribution in [3.63, 3.8) is 0 Å². The summed E-state index contributed by atoms with van der Waals surface area (Å²) in [5, 5.41) is 4.58. The Morgan fingerprint density at radius 2 is 1.90 bits per heavy atom. The Labute approximate surface area is 169 Å². The van der Waals surface area contributed by atoms with E-state index in [9.17, 15) is 14.0 Å². The summed E-state index contributed by atoms with van der Waals surface area (Å²) in [5.41, 5.74) is 8.67. The molecule has 30 heavy (non-hydrogen) atoms. The van der Waals surface area contributed by atoms with Crippen molar-refractivity contribution in [2.24, 2.45) is 5.73 Å². The van der Waals surface area contributed by atoms with Crippen LogP contribution in [0.1, 0.15) is 16.5 Å². The highest BCUT2D eigenvalue weighted by Crippen LogP contribution is 2.34. The summed E-state index contributed by atoms with van der Waals surface area (Å²) in [4.78, 5) is 33.1. The molecule has 1 aromatic carbocycles. The van der Waals surface area contributed by atoms with Gasteiger partial charge in [-0.25, -0.2) is 18.9 Å². The maximum absolute atomic E-state index is 13.4. The third-order valence-corrected chi connectivity index (χ3v) is 5.20. The molecule has 0 radical (unpaired) electrons. The number of carbonyl (C=O) groups is 2. The van der Waals surface area contributed by atoms with E-state index in [2.05, 4.69) is 15.1 Å². The fraction of sp³-hybridized carbons (Fsp3) is 0.150. The molecular weight excluding hydrogens is 389 g/mol. The summed E-state index contributed by atoms with van der Waals surface area (Å²) in [6.45, 7) is 1.10. The van der Waals surface area contributed by atoms with Gasteiger partial charge in [-0.15, -0.1) is 0 Å². The van der Waals surface area contributed by atoms with E-state index in [-0.39, 0.29) is 17.6 Å². The first kappa shape index (κ1) is 18.0. The average molecular weight is 405 g/mol. The number of aromatic nitrogens is 5. The number of nitrogens with two attached hydrogens (primary N) is 1. The highest BCUT2D eigenvalue weighted by Gasteiger charge is 2.31. The molecule has 10 heteroatoms. The van der Waals surface area contributed by atoms with Gasteiger partial charge in [0.15, 0.2) is 5.65 Å². The van der Waals surface area contributed by atoms with Crippen molar-refractivity contribution >= 4 is 18.0 Å². The zero-order valence-corrected chi connectivity index (χ0v) is 15.6. The lowest BCUT2D eigenvalue weighted by atomic mass is 10.1. The van der Waals surface area contributed by atoms with Gasteiger partial charge in [-0.2, -0.15) is 5.10 Å². The smallest absolute Gasteiger partial charge is 0.269 e. The quantitative estimate of drug-likeness (QED) is 0.506. The van der Waals surface area contributed by atoms with Crippen LogP contribution in [-0.4, -0.2) is 54.5 Å². The van der Waals surface area contributed by atoms with Crippen LogP contribution in [-0.2, 0) is 4.79 Å². The lowest BCUT2D eigenvalue weighted by molar-refractivity contribution is -0.123. The predicted molar refractivity (Wildman–Crippen MR) is 105 cm³/mol. The first-order chi connectivity index (χ1) is 14.5. The summed E-state index contributed by atoms with van der Waals surface area (Å²) < 4.78 is 16.8. The van der Waals surface area contributed by atoms with Crippen molar-refractivity contribution < 1.29 is 14.0 Å². The van der Waals surface area contributed by atoms with Crippen LogP contribution in [0.25, 0.3) is 28.3 Å². The molecule has 5 rings (SSSR count). The van der Waals surface area contributed by atoms with Crippen LogP contribution >= 0.6 is 0 Å². The SMILES string of the molecule is NC(=O)c1cnc2ccc(-c3c(-c4ccc(F)cc4)ncn3C3CN(C=O)C3)nn12. The van der Waals surface area contributed by atoms with Crippen LogP contribution in [0.2, 0.25) is 0 Å². The number of fused-ring (bicyclic) bond motifs is 1. The van der Waals surface area contributed by atoms with Gasteiger partial charge in [0.25, 0.3) is 5.91 Å². The molecule has 4 heterocycles. The third kappa shape index (κ3) is 2.81. The number of primary amides is 1. The Balaban J connectivity index is 1.68. The van der Waals surface area contributed by atoms with Crippen molar-refractivity contribution in [3.8, 4) is 22.6 Å². The fourth-order valence-corrected chi connectivity index (χ4v) is 3.63. The van der Waals surface area contributed by atoms with Gasteiger partial charge in [-0.05, 0) is 36.4 Å². The summed E-state index contributed by atoms with van der Waals surface area (Å²) in [7, 11) is 0. The molecule has 1 fully saturated rings. The maximum Gasteiger partial charge on any atom is 0.269 e. The average Bonchev–Trinajstić information content (AvgIpc) is 3.32. The number of halogens is 1. The second-order valence-corrected chi connectivity index (χ2v) is 7.07. The van der Waals surface area contributed by atoms with Gasteiger partial charge in [-0.3, -0.25) is 9.59 Å². The molecule has 0 unspecified atom stereocenters. The Morgan fingerprint density at radius 3 is 2.60 bits per heavy atom. The molecule has 0 aliphatic carbocycles. The summed E-state index contributed by atoms with van der Waals surface area (Å²) in [6.07, 6.45) is 3.87. The first-order valence-electron chi connectivity index (χ1n) is 9.22. The van der Waals surface area contributed by atoms with Gasteiger partial charge >= 0.3 is 0 Å². The van der Waals surface area contributed by atoms with Crippen LogP contribution in [0.3, 0.4) is 0 Å². The predicted octanol–water partition coefficient (Wildman–Crippen LogP) is 1.51. The summed E-state index contributed by atoms with van der Waals surface area (Å²) in [5.74, 6) is -0.982. The minimum atomic E-state index is -0.639.